The van der Waals surface area contributed by atoms with E-state index in [4.69, 9.17) is 28.9 Å². The van der Waals surface area contributed by atoms with Crippen LogP contribution in [-0.2, 0) is 6.42 Å². The fourth-order valence-corrected chi connectivity index (χ4v) is 1.93. The number of nitrogen functional groups attached to an aromatic ring is 1. The summed E-state index contributed by atoms with van der Waals surface area (Å²) in [5, 5.41) is 13.1. The van der Waals surface area contributed by atoms with Crippen LogP contribution in [0.25, 0.3) is 5.69 Å². The monoisotopic (exact) mass is 257 g/mol. The predicted molar refractivity (Wildman–Crippen MR) is 73.2 cm³/mol. The summed E-state index contributed by atoms with van der Waals surface area (Å²) in [5.41, 5.74) is 13.4. The van der Waals surface area contributed by atoms with Crippen molar-refractivity contribution in [1.82, 2.24) is 9.78 Å². The van der Waals surface area contributed by atoms with Crippen molar-refractivity contribution in [3.05, 3.63) is 41.6 Å². The molecule has 0 fully saturated rings. The lowest BCUT2D eigenvalue weighted by Crippen LogP contribution is -2.13. The number of para-hydroxylation sites is 1. The standard InChI is InChI=1S/C12H11N5S/c13-7-6-9-10(12(15)18)11(14)17(16-9)8-4-2-1-3-5-8/h1-5H,6,14H2,(H2,15,18). The minimum Gasteiger partial charge on any atom is -0.389 e. The van der Waals surface area contributed by atoms with Gasteiger partial charge in [-0.3, -0.25) is 0 Å². The van der Waals surface area contributed by atoms with Crippen molar-refractivity contribution in [2.24, 2.45) is 5.73 Å². The maximum atomic E-state index is 8.77. The fourth-order valence-electron chi connectivity index (χ4n) is 1.71. The number of aromatic nitrogens is 2. The van der Waals surface area contributed by atoms with Crippen molar-refractivity contribution in [1.29, 1.82) is 5.26 Å². The number of hydrogen-bond acceptors (Lipinski definition) is 4. The molecule has 90 valence electrons. The van der Waals surface area contributed by atoms with E-state index in [2.05, 4.69) is 5.10 Å². The van der Waals surface area contributed by atoms with Crippen LogP contribution in [0, 0.1) is 11.3 Å². The van der Waals surface area contributed by atoms with Crippen LogP contribution in [0.3, 0.4) is 0 Å². The predicted octanol–water partition coefficient (Wildman–Crippen LogP) is 1.15. The van der Waals surface area contributed by atoms with Gasteiger partial charge in [0.25, 0.3) is 0 Å². The Hall–Kier alpha value is -2.39. The first-order valence-corrected chi connectivity index (χ1v) is 5.65. The summed E-state index contributed by atoms with van der Waals surface area (Å²) < 4.78 is 1.54. The molecule has 0 bridgehead atoms. The molecule has 0 unspecified atom stereocenters. The summed E-state index contributed by atoms with van der Waals surface area (Å²) in [6, 6.07) is 11.4. The number of hydrogen-bond donors (Lipinski definition) is 2. The fraction of sp³-hybridized carbons (Fsp3) is 0.0833. The van der Waals surface area contributed by atoms with E-state index in [-0.39, 0.29) is 11.4 Å². The SMILES string of the molecule is N#CCc1nn(-c2ccccc2)c(N)c1C(N)=S. The Morgan fingerprint density at radius 2 is 2.06 bits per heavy atom. The molecule has 0 aliphatic heterocycles. The normalized spacial score (nSPS) is 9.94. The molecule has 0 amide bonds. The van der Waals surface area contributed by atoms with Crippen molar-refractivity contribution >= 4 is 23.0 Å². The van der Waals surface area contributed by atoms with Crippen molar-refractivity contribution in [2.45, 2.75) is 6.42 Å². The highest BCUT2D eigenvalue weighted by Gasteiger charge is 2.18. The second kappa shape index (κ2) is 4.85. The van der Waals surface area contributed by atoms with Gasteiger partial charge in [0, 0.05) is 0 Å². The lowest BCUT2D eigenvalue weighted by molar-refractivity contribution is 0.861. The van der Waals surface area contributed by atoms with E-state index in [9.17, 15) is 0 Å². The quantitative estimate of drug-likeness (QED) is 0.805. The van der Waals surface area contributed by atoms with Crippen LogP contribution < -0.4 is 11.5 Å². The Morgan fingerprint density at radius 1 is 1.39 bits per heavy atom. The largest absolute Gasteiger partial charge is 0.389 e. The van der Waals surface area contributed by atoms with Gasteiger partial charge in [0.05, 0.1) is 29.4 Å². The number of anilines is 1. The number of nitrogens with zero attached hydrogens (tertiary/aromatic N) is 3. The molecule has 5 nitrogen and oxygen atoms in total. The molecule has 1 aromatic carbocycles. The highest BCUT2D eigenvalue weighted by atomic mass is 32.1. The summed E-state index contributed by atoms with van der Waals surface area (Å²) in [4.78, 5) is 0.153. The molecule has 0 spiro atoms. The van der Waals surface area contributed by atoms with Gasteiger partial charge in [0.1, 0.15) is 10.8 Å². The molecule has 1 aromatic heterocycles. The van der Waals surface area contributed by atoms with Gasteiger partial charge in [-0.05, 0) is 12.1 Å². The summed E-state index contributed by atoms with van der Waals surface area (Å²) in [6.07, 6.45) is 0.122. The Balaban J connectivity index is 2.61. The van der Waals surface area contributed by atoms with Gasteiger partial charge >= 0.3 is 0 Å². The molecule has 0 saturated heterocycles. The van der Waals surface area contributed by atoms with Crippen molar-refractivity contribution in [3.8, 4) is 11.8 Å². The van der Waals surface area contributed by atoms with E-state index >= 15 is 0 Å². The number of thiocarbonyl (C=S) groups is 1. The Bertz CT molecular complexity index is 624. The third-order valence-electron chi connectivity index (χ3n) is 2.49. The Morgan fingerprint density at radius 3 is 2.61 bits per heavy atom. The topological polar surface area (TPSA) is 93.6 Å². The van der Waals surface area contributed by atoms with Crippen molar-refractivity contribution in [3.63, 3.8) is 0 Å². The average Bonchev–Trinajstić information content (AvgIpc) is 2.68. The molecule has 18 heavy (non-hydrogen) atoms. The zero-order valence-corrected chi connectivity index (χ0v) is 10.3. The van der Waals surface area contributed by atoms with Gasteiger partial charge in [0.15, 0.2) is 0 Å². The number of nitriles is 1. The Kier molecular flexibility index (Phi) is 3.26. The molecule has 1 heterocycles. The van der Waals surface area contributed by atoms with Crippen LogP contribution in [0.15, 0.2) is 30.3 Å². The first-order valence-electron chi connectivity index (χ1n) is 5.24. The molecule has 0 atom stereocenters. The molecule has 6 heteroatoms. The highest BCUT2D eigenvalue weighted by molar-refractivity contribution is 7.80. The van der Waals surface area contributed by atoms with Gasteiger partial charge in [-0.1, -0.05) is 30.4 Å². The molecule has 0 radical (unpaired) electrons. The molecule has 0 saturated carbocycles. The van der Waals surface area contributed by atoms with Crippen LogP contribution in [0.5, 0.6) is 0 Å². The molecule has 0 aliphatic rings. The molecule has 2 aromatic rings. The van der Waals surface area contributed by atoms with Crippen molar-refractivity contribution in [2.75, 3.05) is 5.73 Å². The number of rotatable bonds is 3. The zero-order chi connectivity index (χ0) is 13.1. The molecular formula is C12H11N5S. The maximum Gasteiger partial charge on any atom is 0.137 e. The van der Waals surface area contributed by atoms with Crippen LogP contribution >= 0.6 is 12.2 Å². The van der Waals surface area contributed by atoms with Crippen LogP contribution in [0.4, 0.5) is 5.82 Å². The third kappa shape index (κ3) is 2.04. The average molecular weight is 257 g/mol. The van der Waals surface area contributed by atoms with E-state index in [0.717, 1.165) is 5.69 Å². The molecule has 0 aliphatic carbocycles. The van der Waals surface area contributed by atoms with Gasteiger partial charge in [-0.15, -0.1) is 0 Å². The minimum atomic E-state index is 0.122. The van der Waals surface area contributed by atoms with Crippen LogP contribution in [-0.4, -0.2) is 14.8 Å². The van der Waals surface area contributed by atoms with Gasteiger partial charge in [-0.25, -0.2) is 4.68 Å². The third-order valence-corrected chi connectivity index (χ3v) is 2.69. The summed E-state index contributed by atoms with van der Waals surface area (Å²) in [6.45, 7) is 0. The van der Waals surface area contributed by atoms with Gasteiger partial charge in [-0.2, -0.15) is 10.4 Å². The van der Waals surface area contributed by atoms with Crippen LogP contribution in [0.1, 0.15) is 11.3 Å². The second-order valence-corrected chi connectivity index (χ2v) is 4.09. The first kappa shape index (κ1) is 12.1. The second-order valence-electron chi connectivity index (χ2n) is 3.65. The smallest absolute Gasteiger partial charge is 0.137 e. The van der Waals surface area contributed by atoms with Gasteiger partial charge < -0.3 is 11.5 Å². The number of nitrogens with two attached hydrogens (primary N) is 2. The van der Waals surface area contributed by atoms with Gasteiger partial charge in [0.2, 0.25) is 0 Å². The number of benzene rings is 1. The zero-order valence-electron chi connectivity index (χ0n) is 9.50. The maximum absolute atomic E-state index is 8.77. The lowest BCUT2D eigenvalue weighted by atomic mass is 10.2. The molecular weight excluding hydrogens is 246 g/mol. The lowest BCUT2D eigenvalue weighted by Gasteiger charge is -2.03. The Labute approximate surface area is 110 Å². The molecule has 4 N–H and O–H groups in total. The summed E-state index contributed by atoms with van der Waals surface area (Å²) >= 11 is 4.95. The minimum absolute atomic E-state index is 0.122. The van der Waals surface area contributed by atoms with E-state index < -0.39 is 0 Å². The van der Waals surface area contributed by atoms with E-state index in [1.165, 1.54) is 0 Å². The van der Waals surface area contributed by atoms with E-state index in [1.54, 1.807) is 4.68 Å². The van der Waals surface area contributed by atoms with E-state index in [0.29, 0.717) is 17.1 Å². The van der Waals surface area contributed by atoms with Crippen LogP contribution in [0.2, 0.25) is 0 Å². The highest BCUT2D eigenvalue weighted by Crippen LogP contribution is 2.21. The first-order chi connectivity index (χ1) is 8.65. The summed E-state index contributed by atoms with van der Waals surface area (Å²) in [5.74, 6) is 0.360. The summed E-state index contributed by atoms with van der Waals surface area (Å²) in [7, 11) is 0. The van der Waals surface area contributed by atoms with E-state index in [1.807, 2.05) is 36.4 Å². The van der Waals surface area contributed by atoms with Crippen molar-refractivity contribution < 1.29 is 0 Å². The molecule has 2 rings (SSSR count).